The maximum Gasteiger partial charge on any atom is 0.320 e. The van der Waals surface area contributed by atoms with Crippen LogP contribution in [0.5, 0.6) is 0 Å². The first kappa shape index (κ1) is 17.6. The van der Waals surface area contributed by atoms with Crippen LogP contribution in [0.2, 0.25) is 0 Å². The van der Waals surface area contributed by atoms with E-state index in [-0.39, 0.29) is 6.54 Å². The van der Waals surface area contributed by atoms with Gasteiger partial charge in [-0.3, -0.25) is 10.00 Å². The van der Waals surface area contributed by atoms with Crippen molar-refractivity contribution in [3.63, 3.8) is 0 Å². The molecule has 0 radical (unpaired) electrons. The van der Waals surface area contributed by atoms with Crippen LogP contribution in [0.25, 0.3) is 11.1 Å². The van der Waals surface area contributed by atoms with Gasteiger partial charge in [-0.25, -0.2) is 13.6 Å². The lowest BCUT2D eigenvalue weighted by Gasteiger charge is -2.08. The summed E-state index contributed by atoms with van der Waals surface area (Å²) in [4.78, 5) is 12.1. The highest BCUT2D eigenvalue weighted by molar-refractivity contribution is 5.92. The molecule has 2 amide bonds. The molecule has 0 saturated carbocycles. The molecule has 3 rings (SSSR count). The van der Waals surface area contributed by atoms with Gasteiger partial charge in [-0.15, -0.1) is 0 Å². The molecule has 0 aliphatic carbocycles. The number of hydrogen-bond donors (Lipinski definition) is 2. The Labute approximate surface area is 149 Å². The summed E-state index contributed by atoms with van der Waals surface area (Å²) in [6, 6.07) is 12.9. The molecule has 26 heavy (non-hydrogen) atoms. The topological polar surface area (TPSA) is 59.0 Å². The molecular formula is C19H18F2N4O. The minimum atomic E-state index is -0.895. The molecule has 2 aromatic carbocycles. The second-order valence-electron chi connectivity index (χ2n) is 5.81. The first-order valence-electron chi connectivity index (χ1n) is 8.11. The van der Waals surface area contributed by atoms with Gasteiger partial charge in [0, 0.05) is 25.4 Å². The van der Waals surface area contributed by atoms with Crippen LogP contribution < -0.4 is 10.6 Å². The summed E-state index contributed by atoms with van der Waals surface area (Å²) in [6.07, 6.45) is 2.21. The van der Waals surface area contributed by atoms with E-state index in [4.69, 9.17) is 0 Å². The molecule has 0 aliphatic heterocycles. The summed E-state index contributed by atoms with van der Waals surface area (Å²) in [6.45, 7) is 0.282. The van der Waals surface area contributed by atoms with Crippen LogP contribution in [0.3, 0.4) is 0 Å². The molecule has 0 bridgehead atoms. The maximum absolute atomic E-state index is 13.2. The number of nitrogens with one attached hydrogen (secondary N) is 2. The molecule has 2 N–H and O–H groups in total. The largest absolute Gasteiger partial charge is 0.337 e. The Morgan fingerprint density at radius 1 is 1.12 bits per heavy atom. The van der Waals surface area contributed by atoms with E-state index in [1.807, 2.05) is 36.5 Å². The molecule has 5 nitrogen and oxygen atoms in total. The predicted octanol–water partition coefficient (Wildman–Crippen LogP) is 3.73. The number of aromatic nitrogens is 2. The first-order chi connectivity index (χ1) is 12.5. The molecule has 0 unspecified atom stereocenters. The number of rotatable bonds is 5. The summed E-state index contributed by atoms with van der Waals surface area (Å²) in [5.41, 5.74) is 2.36. The fraction of sp³-hybridized carbons (Fsp3) is 0.158. The van der Waals surface area contributed by atoms with Crippen molar-refractivity contribution < 1.29 is 13.6 Å². The first-order valence-corrected chi connectivity index (χ1v) is 8.11. The van der Waals surface area contributed by atoms with Gasteiger partial charge in [0.1, 0.15) is 0 Å². The fourth-order valence-corrected chi connectivity index (χ4v) is 2.58. The third-order valence-electron chi connectivity index (χ3n) is 3.83. The number of hydrogen-bond acceptors (Lipinski definition) is 2. The third-order valence-corrected chi connectivity index (χ3v) is 3.83. The number of anilines is 1. The molecule has 1 aromatic heterocycles. The molecule has 0 aliphatic rings. The Bertz CT molecular complexity index is 909. The minimum absolute atomic E-state index is 0.282. The van der Waals surface area contributed by atoms with Gasteiger partial charge in [0.05, 0.1) is 0 Å². The number of urea groups is 1. The van der Waals surface area contributed by atoms with Gasteiger partial charge in [-0.2, -0.15) is 5.10 Å². The van der Waals surface area contributed by atoms with E-state index in [0.29, 0.717) is 17.8 Å². The zero-order valence-corrected chi connectivity index (χ0v) is 14.2. The molecular weight excluding hydrogens is 338 g/mol. The molecule has 0 saturated heterocycles. The second-order valence-corrected chi connectivity index (χ2v) is 5.81. The lowest BCUT2D eigenvalue weighted by Crippen LogP contribution is -2.30. The standard InChI is InChI=1S/C19H18F2N4O/c1-25-12-15(14-5-3-2-4-6-14)18(24-25)23-19(26)22-10-9-13-7-8-16(20)17(21)11-13/h2-8,11-12H,9-10H2,1H3,(H2,22,23,24,26). The van der Waals surface area contributed by atoms with Gasteiger partial charge in [0.2, 0.25) is 0 Å². The van der Waals surface area contributed by atoms with Gasteiger partial charge in [0.15, 0.2) is 17.5 Å². The summed E-state index contributed by atoms with van der Waals surface area (Å²) in [5, 5.41) is 9.67. The van der Waals surface area contributed by atoms with Crippen LogP contribution in [0.15, 0.2) is 54.7 Å². The van der Waals surface area contributed by atoms with Crippen molar-refractivity contribution in [1.29, 1.82) is 0 Å². The van der Waals surface area contributed by atoms with E-state index in [9.17, 15) is 13.6 Å². The smallest absolute Gasteiger partial charge is 0.320 e. The lowest BCUT2D eigenvalue weighted by molar-refractivity contribution is 0.252. The molecule has 0 fully saturated rings. The average molecular weight is 356 g/mol. The van der Waals surface area contributed by atoms with Crippen LogP contribution >= 0.6 is 0 Å². The Morgan fingerprint density at radius 3 is 2.62 bits per heavy atom. The normalized spacial score (nSPS) is 10.6. The SMILES string of the molecule is Cn1cc(-c2ccccc2)c(NC(=O)NCCc2ccc(F)c(F)c2)n1. The predicted molar refractivity (Wildman–Crippen MR) is 95.7 cm³/mol. The van der Waals surface area contributed by atoms with Crippen molar-refractivity contribution in [2.75, 3.05) is 11.9 Å². The van der Waals surface area contributed by atoms with Gasteiger partial charge in [-0.1, -0.05) is 36.4 Å². The summed E-state index contributed by atoms with van der Waals surface area (Å²) < 4.78 is 27.7. The number of nitrogens with zero attached hydrogens (tertiary/aromatic N) is 2. The van der Waals surface area contributed by atoms with Crippen molar-refractivity contribution >= 4 is 11.8 Å². The quantitative estimate of drug-likeness (QED) is 0.732. The van der Waals surface area contributed by atoms with Gasteiger partial charge >= 0.3 is 6.03 Å². The summed E-state index contributed by atoms with van der Waals surface area (Å²) >= 11 is 0. The van der Waals surface area contributed by atoms with Gasteiger partial charge in [-0.05, 0) is 29.7 Å². The van der Waals surface area contributed by atoms with Gasteiger partial charge in [0.25, 0.3) is 0 Å². The monoisotopic (exact) mass is 356 g/mol. The molecule has 0 spiro atoms. The highest BCUT2D eigenvalue weighted by Crippen LogP contribution is 2.26. The molecule has 3 aromatic rings. The fourth-order valence-electron chi connectivity index (χ4n) is 2.58. The van der Waals surface area contributed by atoms with Crippen LogP contribution in [-0.2, 0) is 13.5 Å². The summed E-state index contributed by atoms with van der Waals surface area (Å²) in [7, 11) is 1.78. The summed E-state index contributed by atoms with van der Waals surface area (Å²) in [5.74, 6) is -1.33. The molecule has 1 heterocycles. The highest BCUT2D eigenvalue weighted by Gasteiger charge is 2.12. The molecule has 0 atom stereocenters. The van der Waals surface area contributed by atoms with Crippen LogP contribution in [0, 0.1) is 11.6 Å². The Hall–Kier alpha value is -3.22. The molecule has 134 valence electrons. The molecule has 7 heteroatoms. The lowest BCUT2D eigenvalue weighted by atomic mass is 10.1. The van der Waals surface area contributed by atoms with Crippen molar-refractivity contribution in [1.82, 2.24) is 15.1 Å². The number of benzene rings is 2. The Balaban J connectivity index is 1.59. The Morgan fingerprint density at radius 2 is 1.88 bits per heavy atom. The second kappa shape index (κ2) is 7.77. The number of carbonyl (C=O) groups is 1. The van der Waals surface area contributed by atoms with E-state index in [1.54, 1.807) is 11.7 Å². The van der Waals surface area contributed by atoms with Crippen molar-refractivity contribution in [3.05, 3.63) is 71.9 Å². The Kier molecular flexibility index (Phi) is 5.26. The van der Waals surface area contributed by atoms with Crippen LogP contribution in [-0.4, -0.2) is 22.4 Å². The van der Waals surface area contributed by atoms with Crippen LogP contribution in [0.4, 0.5) is 19.4 Å². The van der Waals surface area contributed by atoms with E-state index < -0.39 is 17.7 Å². The number of aryl methyl sites for hydroxylation is 1. The average Bonchev–Trinajstić information content (AvgIpc) is 2.99. The van der Waals surface area contributed by atoms with E-state index in [2.05, 4.69) is 15.7 Å². The van der Waals surface area contributed by atoms with Crippen molar-refractivity contribution in [2.45, 2.75) is 6.42 Å². The zero-order chi connectivity index (χ0) is 18.5. The maximum atomic E-state index is 13.2. The third kappa shape index (κ3) is 4.24. The minimum Gasteiger partial charge on any atom is -0.337 e. The van der Waals surface area contributed by atoms with E-state index in [1.165, 1.54) is 6.07 Å². The van der Waals surface area contributed by atoms with Crippen LogP contribution in [0.1, 0.15) is 5.56 Å². The van der Waals surface area contributed by atoms with Crippen molar-refractivity contribution in [3.8, 4) is 11.1 Å². The van der Waals surface area contributed by atoms with E-state index in [0.717, 1.165) is 23.3 Å². The highest BCUT2D eigenvalue weighted by atomic mass is 19.2. The zero-order valence-electron chi connectivity index (χ0n) is 14.2. The number of carbonyl (C=O) groups excluding carboxylic acids is 1. The number of halogens is 2. The van der Waals surface area contributed by atoms with Gasteiger partial charge < -0.3 is 5.32 Å². The van der Waals surface area contributed by atoms with E-state index >= 15 is 0 Å². The number of amides is 2. The van der Waals surface area contributed by atoms with Crippen molar-refractivity contribution in [2.24, 2.45) is 7.05 Å².